The molecule has 0 bridgehead atoms. The van der Waals surface area contributed by atoms with Gasteiger partial charge in [-0.25, -0.2) is 14.4 Å². The maximum atomic E-state index is 13.1. The van der Waals surface area contributed by atoms with E-state index in [0.717, 1.165) is 62.5 Å². The summed E-state index contributed by atoms with van der Waals surface area (Å²) in [5, 5.41) is 0. The van der Waals surface area contributed by atoms with E-state index in [-0.39, 0.29) is 11.9 Å². The van der Waals surface area contributed by atoms with E-state index in [1.165, 1.54) is 12.1 Å². The van der Waals surface area contributed by atoms with Gasteiger partial charge in [-0.2, -0.15) is 0 Å². The molecule has 1 aliphatic heterocycles. The van der Waals surface area contributed by atoms with E-state index in [9.17, 15) is 4.39 Å². The lowest BCUT2D eigenvalue weighted by atomic mass is 10.1. The van der Waals surface area contributed by atoms with Crippen LogP contribution in [0.3, 0.4) is 0 Å². The lowest BCUT2D eigenvalue weighted by molar-refractivity contribution is 0.0678. The monoisotopic (exact) mass is 329 g/mol. The number of ether oxygens (including phenoxy) is 1. The number of hydrogen-bond acceptors (Lipinski definition) is 4. The van der Waals surface area contributed by atoms with E-state index in [0.29, 0.717) is 0 Å². The van der Waals surface area contributed by atoms with Gasteiger partial charge in [0.15, 0.2) is 0 Å². The highest BCUT2D eigenvalue weighted by molar-refractivity contribution is 5.16. The van der Waals surface area contributed by atoms with Crippen molar-refractivity contribution in [3.8, 4) is 0 Å². The minimum Gasteiger partial charge on any atom is -0.377 e. The van der Waals surface area contributed by atoms with Crippen LogP contribution in [0, 0.1) is 5.82 Å². The van der Waals surface area contributed by atoms with Crippen LogP contribution < -0.4 is 0 Å². The summed E-state index contributed by atoms with van der Waals surface area (Å²) in [6.45, 7) is 5.29. The van der Waals surface area contributed by atoms with Crippen LogP contribution in [-0.4, -0.2) is 34.1 Å². The van der Waals surface area contributed by atoms with E-state index in [2.05, 4.69) is 14.9 Å². The van der Waals surface area contributed by atoms with Crippen molar-refractivity contribution in [2.24, 2.45) is 0 Å². The highest BCUT2D eigenvalue weighted by Gasteiger charge is 2.20. The van der Waals surface area contributed by atoms with E-state index >= 15 is 0 Å². The third-order valence-corrected chi connectivity index (χ3v) is 4.29. The molecule has 3 rings (SSSR count). The highest BCUT2D eigenvalue weighted by atomic mass is 19.1. The summed E-state index contributed by atoms with van der Waals surface area (Å²) in [4.78, 5) is 11.1. The van der Waals surface area contributed by atoms with Gasteiger partial charge in [0.1, 0.15) is 11.6 Å². The fourth-order valence-electron chi connectivity index (χ4n) is 3.01. The number of aryl methyl sites for hydroxylation is 1. The Balaban J connectivity index is 1.68. The van der Waals surface area contributed by atoms with E-state index in [1.54, 1.807) is 0 Å². The van der Waals surface area contributed by atoms with Crippen LogP contribution in [0.5, 0.6) is 0 Å². The Labute approximate surface area is 142 Å². The van der Waals surface area contributed by atoms with Gasteiger partial charge in [-0.1, -0.05) is 19.1 Å². The molecule has 2 aromatic rings. The normalized spacial score (nSPS) is 17.5. The SMILES string of the molecule is CCc1ncc(CN(Cc2ccc(F)cc2)CC2CCCO2)cn1. The van der Waals surface area contributed by atoms with Gasteiger partial charge in [-0.3, -0.25) is 4.90 Å². The zero-order chi connectivity index (χ0) is 16.8. The predicted octanol–water partition coefficient (Wildman–Crippen LogP) is 3.36. The molecule has 1 unspecified atom stereocenters. The summed E-state index contributed by atoms with van der Waals surface area (Å²) in [6, 6.07) is 6.71. The lowest BCUT2D eigenvalue weighted by Gasteiger charge is -2.25. The molecule has 1 aromatic carbocycles. The topological polar surface area (TPSA) is 38.2 Å². The van der Waals surface area contributed by atoms with Gasteiger partial charge in [0.05, 0.1) is 6.10 Å². The molecule has 1 saturated heterocycles. The van der Waals surface area contributed by atoms with Crippen molar-refractivity contribution in [3.05, 3.63) is 59.4 Å². The number of nitrogens with zero attached hydrogens (tertiary/aromatic N) is 3. The minimum absolute atomic E-state index is 0.201. The minimum atomic E-state index is -0.201. The molecule has 0 aliphatic carbocycles. The van der Waals surface area contributed by atoms with Crippen LogP contribution in [0.4, 0.5) is 4.39 Å². The molecule has 1 aliphatic rings. The van der Waals surface area contributed by atoms with E-state index < -0.39 is 0 Å². The van der Waals surface area contributed by atoms with Crippen LogP contribution in [0.15, 0.2) is 36.7 Å². The van der Waals surface area contributed by atoms with E-state index in [4.69, 9.17) is 4.74 Å². The first-order chi connectivity index (χ1) is 11.7. The Bertz CT molecular complexity index is 624. The molecule has 1 fully saturated rings. The van der Waals surface area contributed by atoms with Gasteiger partial charge < -0.3 is 4.74 Å². The van der Waals surface area contributed by atoms with Gasteiger partial charge in [0.2, 0.25) is 0 Å². The largest absolute Gasteiger partial charge is 0.377 e. The quantitative estimate of drug-likeness (QED) is 0.781. The standard InChI is InChI=1S/C19H24FN3O/c1-2-19-21-10-16(11-22-19)13-23(14-18-4-3-9-24-18)12-15-5-7-17(20)8-6-15/h5-8,10-11,18H,2-4,9,12-14H2,1H3. The average Bonchev–Trinajstić information content (AvgIpc) is 3.10. The van der Waals surface area contributed by atoms with Crippen molar-refractivity contribution in [1.82, 2.24) is 14.9 Å². The fraction of sp³-hybridized carbons (Fsp3) is 0.474. The van der Waals surface area contributed by atoms with Gasteiger partial charge in [-0.05, 0) is 30.5 Å². The number of hydrogen-bond donors (Lipinski definition) is 0. The smallest absolute Gasteiger partial charge is 0.127 e. The Hall–Kier alpha value is -1.85. The van der Waals surface area contributed by atoms with Gasteiger partial charge in [-0.15, -0.1) is 0 Å². The Morgan fingerprint density at radius 2 is 1.83 bits per heavy atom. The summed E-state index contributed by atoms with van der Waals surface area (Å²) in [7, 11) is 0. The second-order valence-corrected chi connectivity index (χ2v) is 6.29. The number of benzene rings is 1. The molecule has 0 saturated carbocycles. The average molecular weight is 329 g/mol. The van der Waals surface area contributed by atoms with Crippen molar-refractivity contribution < 1.29 is 9.13 Å². The first-order valence-corrected chi connectivity index (χ1v) is 8.61. The van der Waals surface area contributed by atoms with Crippen LogP contribution >= 0.6 is 0 Å². The molecule has 4 nitrogen and oxygen atoms in total. The lowest BCUT2D eigenvalue weighted by Crippen LogP contribution is -2.31. The highest BCUT2D eigenvalue weighted by Crippen LogP contribution is 2.17. The van der Waals surface area contributed by atoms with Crippen LogP contribution in [0.1, 0.15) is 36.7 Å². The molecule has 0 amide bonds. The fourth-order valence-corrected chi connectivity index (χ4v) is 3.01. The first-order valence-electron chi connectivity index (χ1n) is 8.61. The molecule has 5 heteroatoms. The second kappa shape index (κ2) is 8.31. The number of aromatic nitrogens is 2. The Kier molecular flexibility index (Phi) is 5.88. The molecule has 0 radical (unpaired) electrons. The van der Waals surface area contributed by atoms with Crippen molar-refractivity contribution in [2.75, 3.05) is 13.2 Å². The summed E-state index contributed by atoms with van der Waals surface area (Å²) in [5.74, 6) is 0.663. The second-order valence-electron chi connectivity index (χ2n) is 6.29. The third kappa shape index (κ3) is 4.82. The van der Waals surface area contributed by atoms with Crippen LogP contribution in [-0.2, 0) is 24.2 Å². The number of rotatable bonds is 7. The number of halogens is 1. The maximum absolute atomic E-state index is 13.1. The molecule has 24 heavy (non-hydrogen) atoms. The zero-order valence-electron chi connectivity index (χ0n) is 14.1. The molecular formula is C19H24FN3O. The van der Waals surface area contributed by atoms with Gasteiger partial charge >= 0.3 is 0 Å². The van der Waals surface area contributed by atoms with Gasteiger partial charge in [0.25, 0.3) is 0 Å². The summed E-state index contributed by atoms with van der Waals surface area (Å²) >= 11 is 0. The molecule has 1 atom stereocenters. The molecule has 1 aromatic heterocycles. The Morgan fingerprint density at radius 1 is 1.12 bits per heavy atom. The van der Waals surface area contributed by atoms with Crippen LogP contribution in [0.2, 0.25) is 0 Å². The van der Waals surface area contributed by atoms with Crippen molar-refractivity contribution in [1.29, 1.82) is 0 Å². The van der Waals surface area contributed by atoms with Crippen molar-refractivity contribution >= 4 is 0 Å². The van der Waals surface area contributed by atoms with Crippen molar-refractivity contribution in [3.63, 3.8) is 0 Å². The summed E-state index contributed by atoms with van der Waals surface area (Å²) < 4.78 is 18.9. The van der Waals surface area contributed by atoms with Gasteiger partial charge in [0, 0.05) is 50.6 Å². The first kappa shape index (κ1) is 17.0. The Morgan fingerprint density at radius 3 is 2.46 bits per heavy atom. The third-order valence-electron chi connectivity index (χ3n) is 4.29. The molecule has 0 N–H and O–H groups in total. The zero-order valence-corrected chi connectivity index (χ0v) is 14.1. The van der Waals surface area contributed by atoms with E-state index in [1.807, 2.05) is 31.5 Å². The molecule has 2 heterocycles. The predicted molar refractivity (Wildman–Crippen MR) is 90.9 cm³/mol. The summed E-state index contributed by atoms with van der Waals surface area (Å²) in [5.41, 5.74) is 2.19. The maximum Gasteiger partial charge on any atom is 0.127 e. The summed E-state index contributed by atoms with van der Waals surface area (Å²) in [6.07, 6.45) is 7.16. The van der Waals surface area contributed by atoms with Crippen LogP contribution in [0.25, 0.3) is 0 Å². The molecule has 128 valence electrons. The van der Waals surface area contributed by atoms with Crippen molar-refractivity contribution in [2.45, 2.75) is 45.4 Å². The molecule has 0 spiro atoms. The molecular weight excluding hydrogens is 305 g/mol.